The lowest BCUT2D eigenvalue weighted by Crippen LogP contribution is -2.25. The zero-order chi connectivity index (χ0) is 16.8. The number of rotatable bonds is 1. The summed E-state index contributed by atoms with van der Waals surface area (Å²) in [5.74, 6) is -0.205. The van der Waals surface area contributed by atoms with Crippen LogP contribution in [0.2, 0.25) is 0 Å². The van der Waals surface area contributed by atoms with Gasteiger partial charge in [-0.1, -0.05) is 74.2 Å². The smallest absolute Gasteiger partial charge is 0.220 e. The van der Waals surface area contributed by atoms with Crippen molar-refractivity contribution in [3.05, 3.63) is 59.7 Å². The van der Waals surface area contributed by atoms with E-state index >= 15 is 0 Å². The van der Waals surface area contributed by atoms with Crippen molar-refractivity contribution in [1.82, 2.24) is 0 Å². The highest BCUT2D eigenvalue weighted by molar-refractivity contribution is 5.77. The predicted octanol–water partition coefficient (Wildman–Crippen LogP) is 4.89. The van der Waals surface area contributed by atoms with Crippen LogP contribution in [0.3, 0.4) is 0 Å². The SMILES string of the molecule is NC(=O)C1CCCCCCCc2cccc(c2)-c2cccc(c2)C1. The maximum Gasteiger partial charge on any atom is 0.220 e. The van der Waals surface area contributed by atoms with E-state index in [4.69, 9.17) is 5.73 Å². The Morgan fingerprint density at radius 2 is 1.46 bits per heavy atom. The molecule has 4 bridgehead atoms. The van der Waals surface area contributed by atoms with Crippen molar-refractivity contribution in [2.75, 3.05) is 0 Å². The first-order valence-corrected chi connectivity index (χ1v) is 9.20. The molecular weight excluding hydrogens is 294 g/mol. The van der Waals surface area contributed by atoms with Gasteiger partial charge in [0.15, 0.2) is 0 Å². The third-order valence-electron chi connectivity index (χ3n) is 5.09. The molecule has 126 valence electrons. The molecule has 1 unspecified atom stereocenters. The second-order valence-corrected chi connectivity index (χ2v) is 7.01. The molecular formula is C22H27NO. The Labute approximate surface area is 145 Å². The highest BCUT2D eigenvalue weighted by Crippen LogP contribution is 2.25. The Kier molecular flexibility index (Phi) is 5.68. The highest BCUT2D eigenvalue weighted by Gasteiger charge is 2.16. The topological polar surface area (TPSA) is 43.1 Å². The number of aryl methyl sites for hydroxylation is 1. The Morgan fingerprint density at radius 3 is 2.21 bits per heavy atom. The lowest BCUT2D eigenvalue weighted by molar-refractivity contribution is -0.122. The zero-order valence-corrected chi connectivity index (χ0v) is 14.3. The molecule has 2 nitrogen and oxygen atoms in total. The van der Waals surface area contributed by atoms with Gasteiger partial charge in [-0.2, -0.15) is 0 Å². The van der Waals surface area contributed by atoms with Gasteiger partial charge in [0.2, 0.25) is 5.91 Å². The molecule has 0 saturated carbocycles. The van der Waals surface area contributed by atoms with Crippen LogP contribution in [-0.2, 0) is 17.6 Å². The van der Waals surface area contributed by atoms with Crippen LogP contribution < -0.4 is 5.73 Å². The van der Waals surface area contributed by atoms with Crippen LogP contribution in [0.15, 0.2) is 48.5 Å². The van der Waals surface area contributed by atoms with Crippen molar-refractivity contribution in [3.8, 4) is 11.1 Å². The summed E-state index contributed by atoms with van der Waals surface area (Å²) in [5.41, 5.74) is 10.8. The fourth-order valence-electron chi connectivity index (χ4n) is 3.66. The summed E-state index contributed by atoms with van der Waals surface area (Å²) >= 11 is 0. The number of benzene rings is 2. The lowest BCUT2D eigenvalue weighted by Gasteiger charge is -2.14. The molecule has 2 heteroatoms. The number of hydrogen-bond acceptors (Lipinski definition) is 1. The second kappa shape index (κ2) is 8.14. The summed E-state index contributed by atoms with van der Waals surface area (Å²) in [6.45, 7) is 0. The summed E-state index contributed by atoms with van der Waals surface area (Å²) < 4.78 is 0. The molecule has 2 aromatic carbocycles. The number of nitrogens with two attached hydrogens (primary N) is 1. The molecule has 0 saturated heterocycles. The summed E-state index contributed by atoms with van der Waals surface area (Å²) in [6.07, 6.45) is 8.86. The minimum Gasteiger partial charge on any atom is -0.369 e. The number of carbonyl (C=O) groups excluding carboxylic acids is 1. The molecule has 1 atom stereocenters. The van der Waals surface area contributed by atoms with Crippen molar-refractivity contribution >= 4 is 5.91 Å². The molecule has 2 N–H and O–H groups in total. The van der Waals surface area contributed by atoms with E-state index in [0.29, 0.717) is 0 Å². The summed E-state index contributed by atoms with van der Waals surface area (Å²) in [5, 5.41) is 0. The minimum absolute atomic E-state index is 0.0447. The van der Waals surface area contributed by atoms with E-state index in [-0.39, 0.29) is 11.8 Å². The fraction of sp³-hybridized carbons (Fsp3) is 0.409. The number of primary amides is 1. The van der Waals surface area contributed by atoms with Gasteiger partial charge in [-0.15, -0.1) is 0 Å². The van der Waals surface area contributed by atoms with Gasteiger partial charge < -0.3 is 5.73 Å². The van der Waals surface area contributed by atoms with Gasteiger partial charge >= 0.3 is 0 Å². The molecule has 3 rings (SSSR count). The zero-order valence-electron chi connectivity index (χ0n) is 14.3. The van der Waals surface area contributed by atoms with E-state index in [1.807, 2.05) is 0 Å². The normalized spacial score (nSPS) is 19.1. The first-order valence-electron chi connectivity index (χ1n) is 9.20. The Bertz CT molecular complexity index is 692. The van der Waals surface area contributed by atoms with E-state index in [2.05, 4.69) is 48.5 Å². The minimum atomic E-state index is -0.160. The van der Waals surface area contributed by atoms with Crippen molar-refractivity contribution in [3.63, 3.8) is 0 Å². The van der Waals surface area contributed by atoms with Gasteiger partial charge in [-0.05, 0) is 47.9 Å². The largest absolute Gasteiger partial charge is 0.369 e. The molecule has 2 aromatic rings. The average Bonchev–Trinajstić information content (AvgIpc) is 2.60. The highest BCUT2D eigenvalue weighted by atomic mass is 16.1. The molecule has 24 heavy (non-hydrogen) atoms. The quantitative estimate of drug-likeness (QED) is 0.798. The first kappa shape index (κ1) is 16.8. The second-order valence-electron chi connectivity index (χ2n) is 7.01. The number of hydrogen-bond donors (Lipinski definition) is 1. The predicted molar refractivity (Wildman–Crippen MR) is 99.7 cm³/mol. The van der Waals surface area contributed by atoms with Crippen LogP contribution >= 0.6 is 0 Å². The molecule has 1 aliphatic carbocycles. The lowest BCUT2D eigenvalue weighted by atomic mass is 9.91. The van der Waals surface area contributed by atoms with Crippen molar-refractivity contribution < 1.29 is 4.79 Å². The summed E-state index contributed by atoms with van der Waals surface area (Å²) in [7, 11) is 0. The fourth-order valence-corrected chi connectivity index (χ4v) is 3.66. The van der Waals surface area contributed by atoms with Gasteiger partial charge in [0.05, 0.1) is 0 Å². The third-order valence-corrected chi connectivity index (χ3v) is 5.09. The van der Waals surface area contributed by atoms with Crippen LogP contribution in [0.25, 0.3) is 11.1 Å². The standard InChI is InChI=1S/C22H27NO/c23-22(24)21-11-5-3-1-2-4-8-17-9-6-12-19(14-17)20-13-7-10-18(15-20)16-21/h6-7,9-10,12-15,21H,1-5,8,11,16H2,(H2,23,24). The molecule has 0 radical (unpaired) electrons. The van der Waals surface area contributed by atoms with Crippen molar-refractivity contribution in [2.24, 2.45) is 11.7 Å². The van der Waals surface area contributed by atoms with E-state index in [9.17, 15) is 4.79 Å². The van der Waals surface area contributed by atoms with Gasteiger partial charge in [-0.3, -0.25) is 4.79 Å². The molecule has 0 aromatic heterocycles. The molecule has 0 fully saturated rings. The maximum atomic E-state index is 11.8. The number of fused-ring (bicyclic) bond motifs is 5. The van der Waals surface area contributed by atoms with Crippen LogP contribution in [0.1, 0.15) is 49.7 Å². The summed E-state index contributed by atoms with van der Waals surface area (Å²) in [6, 6.07) is 17.4. The van der Waals surface area contributed by atoms with Gasteiger partial charge in [0, 0.05) is 5.92 Å². The van der Waals surface area contributed by atoms with Gasteiger partial charge in [0.1, 0.15) is 0 Å². The molecule has 0 heterocycles. The Balaban J connectivity index is 1.91. The van der Waals surface area contributed by atoms with E-state index in [1.54, 1.807) is 0 Å². The van der Waals surface area contributed by atoms with E-state index in [1.165, 1.54) is 47.9 Å². The van der Waals surface area contributed by atoms with Crippen LogP contribution in [0.5, 0.6) is 0 Å². The Morgan fingerprint density at radius 1 is 0.833 bits per heavy atom. The summed E-state index contributed by atoms with van der Waals surface area (Å²) in [4.78, 5) is 11.8. The first-order chi connectivity index (χ1) is 11.7. The number of amides is 1. The van der Waals surface area contributed by atoms with Gasteiger partial charge in [-0.25, -0.2) is 0 Å². The maximum absolute atomic E-state index is 11.8. The van der Waals surface area contributed by atoms with Crippen molar-refractivity contribution in [1.29, 1.82) is 0 Å². The van der Waals surface area contributed by atoms with Crippen LogP contribution in [0.4, 0.5) is 0 Å². The molecule has 1 amide bonds. The number of carbonyl (C=O) groups is 1. The Hall–Kier alpha value is -2.09. The van der Waals surface area contributed by atoms with E-state index in [0.717, 1.165) is 25.7 Å². The molecule has 0 spiro atoms. The monoisotopic (exact) mass is 321 g/mol. The third kappa shape index (κ3) is 4.47. The molecule has 1 aliphatic rings. The van der Waals surface area contributed by atoms with Gasteiger partial charge in [0.25, 0.3) is 0 Å². The van der Waals surface area contributed by atoms with Crippen molar-refractivity contribution in [2.45, 2.75) is 51.4 Å². The van der Waals surface area contributed by atoms with E-state index < -0.39 is 0 Å². The average molecular weight is 321 g/mol. The van der Waals surface area contributed by atoms with Crippen LogP contribution in [-0.4, -0.2) is 5.91 Å². The molecule has 0 aliphatic heterocycles. The van der Waals surface area contributed by atoms with Crippen LogP contribution in [0, 0.1) is 5.92 Å².